The lowest BCUT2D eigenvalue weighted by Gasteiger charge is -2.16. The third-order valence-electron chi connectivity index (χ3n) is 2.36. The monoisotopic (exact) mass is 248 g/mol. The minimum atomic E-state index is -1.25. The molecule has 1 amide bonds. The average molecular weight is 248 g/mol. The van der Waals surface area contributed by atoms with Crippen molar-refractivity contribution in [3.05, 3.63) is 35.4 Å². The van der Waals surface area contributed by atoms with Crippen molar-refractivity contribution in [2.45, 2.75) is 26.6 Å². The van der Waals surface area contributed by atoms with E-state index in [1.165, 1.54) is 0 Å². The maximum atomic E-state index is 11.8. The van der Waals surface area contributed by atoms with Crippen LogP contribution in [-0.2, 0) is 0 Å². The van der Waals surface area contributed by atoms with Crippen LogP contribution in [0.2, 0.25) is 19.6 Å². The zero-order valence-electron chi connectivity index (χ0n) is 10.9. The van der Waals surface area contributed by atoms with Crippen molar-refractivity contribution < 1.29 is 4.79 Å². The van der Waals surface area contributed by atoms with Crippen LogP contribution in [-0.4, -0.2) is 25.9 Å². The van der Waals surface area contributed by atoms with E-state index >= 15 is 0 Å². The molecule has 0 unspecified atom stereocenters. The molecule has 0 atom stereocenters. The molecule has 1 rings (SSSR count). The van der Waals surface area contributed by atoms with Crippen LogP contribution >= 0.6 is 0 Å². The zero-order chi connectivity index (χ0) is 13.1. The highest BCUT2D eigenvalue weighted by Gasteiger charge is 2.15. The number of amides is 1. The van der Waals surface area contributed by atoms with Crippen LogP contribution in [0.4, 0.5) is 0 Å². The minimum absolute atomic E-state index is 0.0263. The summed E-state index contributed by atoms with van der Waals surface area (Å²) in [5.41, 5.74) is 2.03. The third-order valence-corrected chi connectivity index (χ3v) is 3.60. The second kappa shape index (κ2) is 5.27. The molecular formula is C13H20N2OSi. The molecule has 0 aromatic heterocycles. The molecule has 0 saturated carbocycles. The molecule has 4 heteroatoms. The zero-order valence-corrected chi connectivity index (χ0v) is 11.9. The van der Waals surface area contributed by atoms with Crippen molar-refractivity contribution in [3.63, 3.8) is 0 Å². The van der Waals surface area contributed by atoms with E-state index in [-0.39, 0.29) is 5.91 Å². The molecule has 3 nitrogen and oxygen atoms in total. The molecule has 0 heterocycles. The van der Waals surface area contributed by atoms with Gasteiger partial charge in [-0.2, -0.15) is 0 Å². The molecule has 0 spiro atoms. The van der Waals surface area contributed by atoms with Crippen molar-refractivity contribution in [3.8, 4) is 0 Å². The first-order valence-electron chi connectivity index (χ1n) is 5.73. The van der Waals surface area contributed by atoms with Gasteiger partial charge in [0.25, 0.3) is 5.91 Å². The number of rotatable bonds is 4. The Balaban J connectivity index is 2.67. The van der Waals surface area contributed by atoms with E-state index < -0.39 is 8.07 Å². The van der Waals surface area contributed by atoms with Gasteiger partial charge in [-0.25, -0.2) is 0 Å². The molecule has 0 fully saturated rings. The quantitative estimate of drug-likeness (QED) is 0.624. The SMILES string of the molecule is CC(=N)c1ccc(C(=O)NC[Si](C)(C)C)cc1. The predicted molar refractivity (Wildman–Crippen MR) is 74.6 cm³/mol. The van der Waals surface area contributed by atoms with Crippen molar-refractivity contribution in [1.29, 1.82) is 5.41 Å². The molecule has 1 aromatic carbocycles. The van der Waals surface area contributed by atoms with E-state index in [1.807, 2.05) is 12.1 Å². The van der Waals surface area contributed by atoms with Crippen molar-refractivity contribution in [2.75, 3.05) is 6.17 Å². The van der Waals surface area contributed by atoms with Gasteiger partial charge in [-0.3, -0.25) is 4.79 Å². The first kappa shape index (κ1) is 13.6. The topological polar surface area (TPSA) is 53.0 Å². The standard InChI is InChI=1S/C13H20N2OSi/c1-10(14)11-5-7-12(8-6-11)13(16)15-9-17(2,3)4/h5-8,14H,9H2,1-4H3,(H,15,16). The summed E-state index contributed by atoms with van der Waals surface area (Å²) in [5.74, 6) is -0.0263. The smallest absolute Gasteiger partial charge is 0.251 e. The van der Waals surface area contributed by atoms with Gasteiger partial charge in [0, 0.05) is 17.4 Å². The van der Waals surface area contributed by atoms with Gasteiger partial charge in [0.1, 0.15) is 0 Å². The van der Waals surface area contributed by atoms with Gasteiger partial charge in [0.2, 0.25) is 0 Å². The Morgan fingerprint density at radius 3 is 2.06 bits per heavy atom. The number of benzene rings is 1. The highest BCUT2D eigenvalue weighted by atomic mass is 28.3. The molecule has 92 valence electrons. The van der Waals surface area contributed by atoms with E-state index in [2.05, 4.69) is 25.0 Å². The Morgan fingerprint density at radius 2 is 1.65 bits per heavy atom. The summed E-state index contributed by atoms with van der Waals surface area (Å²) in [5, 5.41) is 10.4. The lowest BCUT2D eigenvalue weighted by atomic mass is 10.1. The number of nitrogens with one attached hydrogen (secondary N) is 2. The summed E-state index contributed by atoms with van der Waals surface area (Å²) in [6.45, 7) is 8.39. The molecule has 0 bridgehead atoms. The molecule has 0 radical (unpaired) electrons. The first-order valence-corrected chi connectivity index (χ1v) is 9.44. The molecule has 0 aliphatic rings. The van der Waals surface area contributed by atoms with Crippen molar-refractivity contribution >= 4 is 19.7 Å². The molecule has 0 saturated heterocycles. The Kier molecular flexibility index (Phi) is 4.23. The van der Waals surface area contributed by atoms with Gasteiger partial charge in [-0.1, -0.05) is 31.8 Å². The Labute approximate surface area is 104 Å². The molecule has 17 heavy (non-hydrogen) atoms. The van der Waals surface area contributed by atoms with E-state index in [4.69, 9.17) is 5.41 Å². The molecular weight excluding hydrogens is 228 g/mol. The van der Waals surface area contributed by atoms with Crippen LogP contribution in [0.25, 0.3) is 0 Å². The van der Waals surface area contributed by atoms with Gasteiger partial charge in [-0.05, 0) is 24.6 Å². The highest BCUT2D eigenvalue weighted by Crippen LogP contribution is 2.05. The largest absolute Gasteiger partial charge is 0.355 e. The van der Waals surface area contributed by atoms with Gasteiger partial charge in [0.15, 0.2) is 0 Å². The van der Waals surface area contributed by atoms with Crippen LogP contribution < -0.4 is 5.32 Å². The lowest BCUT2D eigenvalue weighted by molar-refractivity contribution is 0.0959. The van der Waals surface area contributed by atoms with E-state index in [9.17, 15) is 4.79 Å². The summed E-state index contributed by atoms with van der Waals surface area (Å²) >= 11 is 0. The van der Waals surface area contributed by atoms with E-state index in [0.29, 0.717) is 11.3 Å². The fourth-order valence-corrected chi connectivity index (χ4v) is 2.01. The maximum Gasteiger partial charge on any atom is 0.251 e. The lowest BCUT2D eigenvalue weighted by Crippen LogP contribution is -2.39. The Morgan fingerprint density at radius 1 is 1.18 bits per heavy atom. The predicted octanol–water partition coefficient (Wildman–Crippen LogP) is 2.68. The highest BCUT2D eigenvalue weighted by molar-refractivity contribution is 6.76. The summed E-state index contributed by atoms with van der Waals surface area (Å²) < 4.78 is 0. The number of carbonyl (C=O) groups is 1. The second-order valence-electron chi connectivity index (χ2n) is 5.45. The van der Waals surface area contributed by atoms with Gasteiger partial charge < -0.3 is 10.7 Å². The second-order valence-corrected chi connectivity index (χ2v) is 10.9. The molecule has 0 aliphatic carbocycles. The first-order chi connectivity index (χ1) is 7.79. The average Bonchev–Trinajstić information content (AvgIpc) is 2.25. The molecule has 0 aliphatic heterocycles. The third kappa shape index (κ3) is 4.52. The van der Waals surface area contributed by atoms with Crippen LogP contribution in [0.15, 0.2) is 24.3 Å². The maximum absolute atomic E-state index is 11.8. The fraction of sp³-hybridized carbons (Fsp3) is 0.385. The summed E-state index contributed by atoms with van der Waals surface area (Å²) in [7, 11) is -1.25. The van der Waals surface area contributed by atoms with Gasteiger partial charge >= 0.3 is 0 Å². The minimum Gasteiger partial charge on any atom is -0.355 e. The van der Waals surface area contributed by atoms with Crippen molar-refractivity contribution in [2.24, 2.45) is 0 Å². The molecule has 2 N–H and O–H groups in total. The Hall–Kier alpha value is -1.42. The van der Waals surface area contributed by atoms with Gasteiger partial charge in [-0.15, -0.1) is 0 Å². The fourth-order valence-electron chi connectivity index (χ4n) is 1.32. The van der Waals surface area contributed by atoms with Crippen LogP contribution in [0, 0.1) is 5.41 Å². The van der Waals surface area contributed by atoms with Crippen LogP contribution in [0.1, 0.15) is 22.8 Å². The summed E-state index contributed by atoms with van der Waals surface area (Å²) in [6.07, 6.45) is 0.789. The number of carbonyl (C=O) groups excluding carboxylic acids is 1. The summed E-state index contributed by atoms with van der Waals surface area (Å²) in [4.78, 5) is 11.8. The summed E-state index contributed by atoms with van der Waals surface area (Å²) in [6, 6.07) is 7.16. The van der Waals surface area contributed by atoms with Gasteiger partial charge in [0.05, 0.1) is 8.07 Å². The number of hydrogen-bond acceptors (Lipinski definition) is 2. The van der Waals surface area contributed by atoms with E-state index in [0.717, 1.165) is 11.7 Å². The van der Waals surface area contributed by atoms with Crippen LogP contribution in [0.5, 0.6) is 0 Å². The number of hydrogen-bond donors (Lipinski definition) is 2. The van der Waals surface area contributed by atoms with E-state index in [1.54, 1.807) is 19.1 Å². The van der Waals surface area contributed by atoms with Crippen molar-refractivity contribution in [1.82, 2.24) is 5.32 Å². The molecule has 1 aromatic rings. The van der Waals surface area contributed by atoms with Crippen LogP contribution in [0.3, 0.4) is 0 Å². The normalized spacial score (nSPS) is 11.1. The Bertz CT molecular complexity index is 418.